The predicted molar refractivity (Wildman–Crippen MR) is 68.0 cm³/mol. The third-order valence-electron chi connectivity index (χ3n) is 3.22. The van der Waals surface area contributed by atoms with E-state index in [-0.39, 0.29) is 12.5 Å². The van der Waals surface area contributed by atoms with Gasteiger partial charge in [-0.3, -0.25) is 0 Å². The number of terminal acetylenes is 1. The van der Waals surface area contributed by atoms with E-state index in [1.807, 2.05) is 0 Å². The first kappa shape index (κ1) is 14.4. The highest BCUT2D eigenvalue weighted by Gasteiger charge is 2.23. The number of carbonyl (C=O) groups excluding carboxylic acids is 1. The van der Waals surface area contributed by atoms with Crippen LogP contribution in [-0.2, 0) is 4.79 Å². The summed E-state index contributed by atoms with van der Waals surface area (Å²) in [6.45, 7) is 3.52. The Morgan fingerprint density at radius 3 is 2.83 bits per heavy atom. The number of carboxylic acids is 1. The molecule has 5 nitrogen and oxygen atoms in total. The van der Waals surface area contributed by atoms with Crippen molar-refractivity contribution in [1.82, 2.24) is 10.2 Å². The summed E-state index contributed by atoms with van der Waals surface area (Å²) in [5.74, 6) is 1.78. The van der Waals surface area contributed by atoms with Gasteiger partial charge in [0.15, 0.2) is 0 Å². The summed E-state index contributed by atoms with van der Waals surface area (Å²) in [7, 11) is 0. The molecule has 0 radical (unpaired) electrons. The molecule has 2 amide bonds. The Morgan fingerprint density at radius 2 is 2.22 bits per heavy atom. The largest absolute Gasteiger partial charge is 0.480 e. The molecule has 2 atom stereocenters. The van der Waals surface area contributed by atoms with Crippen LogP contribution >= 0.6 is 0 Å². The molecule has 1 rings (SSSR count). The summed E-state index contributed by atoms with van der Waals surface area (Å²) in [5.41, 5.74) is 0. The average molecular weight is 252 g/mol. The van der Waals surface area contributed by atoms with Gasteiger partial charge in [0.2, 0.25) is 0 Å². The Labute approximate surface area is 108 Å². The molecular formula is C13H20N2O3. The topological polar surface area (TPSA) is 69.6 Å². The molecule has 0 aliphatic carbocycles. The highest BCUT2D eigenvalue weighted by Crippen LogP contribution is 2.16. The second-order valence-electron chi connectivity index (χ2n) is 4.77. The van der Waals surface area contributed by atoms with Crippen LogP contribution in [0.1, 0.15) is 32.6 Å². The quantitative estimate of drug-likeness (QED) is 0.744. The van der Waals surface area contributed by atoms with Crippen LogP contribution in [0.5, 0.6) is 0 Å². The zero-order valence-corrected chi connectivity index (χ0v) is 10.7. The van der Waals surface area contributed by atoms with Crippen LogP contribution in [0.4, 0.5) is 4.79 Å². The summed E-state index contributed by atoms with van der Waals surface area (Å²) in [4.78, 5) is 24.5. The molecule has 1 fully saturated rings. The Balaban J connectivity index is 2.53. The minimum absolute atomic E-state index is 0.00527. The fourth-order valence-corrected chi connectivity index (χ4v) is 2.02. The summed E-state index contributed by atoms with van der Waals surface area (Å²) < 4.78 is 0. The van der Waals surface area contributed by atoms with Crippen molar-refractivity contribution in [2.45, 2.75) is 38.6 Å². The maximum absolute atomic E-state index is 11.9. The van der Waals surface area contributed by atoms with E-state index in [0.717, 1.165) is 19.3 Å². The summed E-state index contributed by atoms with van der Waals surface area (Å²) in [5, 5.41) is 11.4. The van der Waals surface area contributed by atoms with Crippen LogP contribution in [0, 0.1) is 18.3 Å². The molecule has 1 heterocycles. The summed E-state index contributed by atoms with van der Waals surface area (Å²) >= 11 is 0. The lowest BCUT2D eigenvalue weighted by molar-refractivity contribution is -0.139. The first-order valence-corrected chi connectivity index (χ1v) is 6.26. The highest BCUT2D eigenvalue weighted by atomic mass is 16.4. The number of hydrogen-bond donors (Lipinski definition) is 2. The van der Waals surface area contributed by atoms with Gasteiger partial charge in [-0.1, -0.05) is 6.92 Å². The lowest BCUT2D eigenvalue weighted by atomic mass is 10.0. The molecule has 0 aromatic carbocycles. The molecule has 18 heavy (non-hydrogen) atoms. The van der Waals surface area contributed by atoms with E-state index < -0.39 is 12.0 Å². The maximum atomic E-state index is 11.9. The number of amides is 2. The van der Waals surface area contributed by atoms with Crippen LogP contribution in [0.3, 0.4) is 0 Å². The fraction of sp³-hybridized carbons (Fsp3) is 0.692. The molecule has 1 aliphatic rings. The third-order valence-corrected chi connectivity index (χ3v) is 3.22. The van der Waals surface area contributed by atoms with Crippen molar-refractivity contribution in [2.75, 3.05) is 13.1 Å². The monoisotopic (exact) mass is 252 g/mol. The van der Waals surface area contributed by atoms with Crippen molar-refractivity contribution < 1.29 is 14.7 Å². The van der Waals surface area contributed by atoms with Crippen molar-refractivity contribution in [3.05, 3.63) is 0 Å². The number of carboxylic acid groups (broad SMARTS) is 1. The van der Waals surface area contributed by atoms with Gasteiger partial charge in [0, 0.05) is 19.5 Å². The molecule has 0 aromatic rings. The zero-order valence-electron chi connectivity index (χ0n) is 10.7. The van der Waals surface area contributed by atoms with Crippen molar-refractivity contribution in [1.29, 1.82) is 0 Å². The number of hydrogen-bond acceptors (Lipinski definition) is 2. The van der Waals surface area contributed by atoms with Crippen LogP contribution in [-0.4, -0.2) is 41.1 Å². The van der Waals surface area contributed by atoms with Gasteiger partial charge in [-0.15, -0.1) is 12.3 Å². The van der Waals surface area contributed by atoms with E-state index in [9.17, 15) is 9.59 Å². The van der Waals surface area contributed by atoms with Crippen molar-refractivity contribution in [3.8, 4) is 12.3 Å². The first-order valence-electron chi connectivity index (χ1n) is 6.26. The predicted octanol–water partition coefficient (Wildman–Crippen LogP) is 1.29. The fourth-order valence-electron chi connectivity index (χ4n) is 2.02. The standard InChI is InChI=1S/C13H20N2O3/c1-3-5-11(12(16)17)14-13(18)15-8-4-6-10(2)7-9-15/h1,10-11H,4-9H2,2H3,(H,14,18)(H,16,17). The van der Waals surface area contributed by atoms with Gasteiger partial charge < -0.3 is 15.3 Å². The van der Waals surface area contributed by atoms with Crippen molar-refractivity contribution in [3.63, 3.8) is 0 Å². The Hall–Kier alpha value is -1.70. The molecule has 2 unspecified atom stereocenters. The number of carbonyl (C=O) groups is 2. The zero-order chi connectivity index (χ0) is 13.5. The number of nitrogens with zero attached hydrogens (tertiary/aromatic N) is 1. The van der Waals surface area contributed by atoms with Gasteiger partial charge in [-0.05, 0) is 25.2 Å². The molecule has 100 valence electrons. The maximum Gasteiger partial charge on any atom is 0.327 e. The van der Waals surface area contributed by atoms with Crippen molar-refractivity contribution in [2.24, 2.45) is 5.92 Å². The third kappa shape index (κ3) is 4.28. The number of nitrogens with one attached hydrogen (secondary N) is 1. The second kappa shape index (κ2) is 6.90. The van der Waals surface area contributed by atoms with E-state index in [0.29, 0.717) is 19.0 Å². The van der Waals surface area contributed by atoms with E-state index in [1.165, 1.54) is 0 Å². The van der Waals surface area contributed by atoms with Gasteiger partial charge in [0.25, 0.3) is 0 Å². The SMILES string of the molecule is C#CCC(NC(=O)N1CCCC(C)CC1)C(=O)O. The first-order chi connectivity index (χ1) is 8.54. The van der Waals surface area contributed by atoms with Gasteiger partial charge in [-0.2, -0.15) is 0 Å². The van der Waals surface area contributed by atoms with E-state index in [1.54, 1.807) is 4.90 Å². The number of likely N-dealkylation sites (tertiary alicyclic amines) is 1. The smallest absolute Gasteiger partial charge is 0.327 e. The second-order valence-corrected chi connectivity index (χ2v) is 4.77. The molecule has 2 N–H and O–H groups in total. The lowest BCUT2D eigenvalue weighted by Crippen LogP contribution is -2.48. The minimum Gasteiger partial charge on any atom is -0.480 e. The Morgan fingerprint density at radius 1 is 1.50 bits per heavy atom. The molecule has 1 aliphatic heterocycles. The van der Waals surface area contributed by atoms with E-state index in [4.69, 9.17) is 11.5 Å². The number of aliphatic carboxylic acids is 1. The molecule has 0 aromatic heterocycles. The van der Waals surface area contributed by atoms with Crippen LogP contribution in [0.25, 0.3) is 0 Å². The Kier molecular flexibility index (Phi) is 5.50. The summed E-state index contributed by atoms with van der Waals surface area (Å²) in [6, 6.07) is -1.32. The van der Waals surface area contributed by atoms with Gasteiger partial charge in [0.1, 0.15) is 6.04 Å². The van der Waals surface area contributed by atoms with Crippen LogP contribution < -0.4 is 5.32 Å². The van der Waals surface area contributed by atoms with E-state index in [2.05, 4.69) is 18.2 Å². The average Bonchev–Trinajstić information content (AvgIpc) is 2.53. The minimum atomic E-state index is -1.09. The molecule has 0 bridgehead atoms. The molecule has 0 saturated carbocycles. The van der Waals surface area contributed by atoms with Gasteiger partial charge in [-0.25, -0.2) is 9.59 Å². The normalized spacial score (nSPS) is 21.6. The highest BCUT2D eigenvalue weighted by molar-refractivity contribution is 5.82. The number of rotatable bonds is 3. The summed E-state index contributed by atoms with van der Waals surface area (Å²) in [6.07, 6.45) is 8.12. The molecule has 1 saturated heterocycles. The molecule has 0 spiro atoms. The van der Waals surface area contributed by atoms with Gasteiger partial charge >= 0.3 is 12.0 Å². The van der Waals surface area contributed by atoms with Gasteiger partial charge in [0.05, 0.1) is 0 Å². The molecular weight excluding hydrogens is 232 g/mol. The number of urea groups is 1. The Bertz CT molecular complexity index is 349. The van der Waals surface area contributed by atoms with Crippen LogP contribution in [0.2, 0.25) is 0 Å². The van der Waals surface area contributed by atoms with Crippen molar-refractivity contribution >= 4 is 12.0 Å². The molecule has 5 heteroatoms. The van der Waals surface area contributed by atoms with Crippen LogP contribution in [0.15, 0.2) is 0 Å². The van der Waals surface area contributed by atoms with E-state index >= 15 is 0 Å². The lowest BCUT2D eigenvalue weighted by Gasteiger charge is -2.23.